The van der Waals surface area contributed by atoms with E-state index in [-0.39, 0.29) is 0 Å². The first-order chi connectivity index (χ1) is 2.41. The zero-order chi connectivity index (χ0) is 4.12. The third-order valence-electron chi connectivity index (χ3n) is 0.204. The Morgan fingerprint density at radius 3 is 2.60 bits per heavy atom. The van der Waals surface area contributed by atoms with Crippen LogP contribution >= 0.6 is 18.9 Å². The molecule has 0 aliphatic carbocycles. The average Bonchev–Trinajstić information content (AvgIpc) is 1.41. The Labute approximate surface area is 37.5 Å². The first-order valence-corrected chi connectivity index (χ1v) is 4.23. The highest BCUT2D eigenvalue weighted by atomic mass is 32.7. The first kappa shape index (κ1) is 5.61. The number of hydrogen-bond acceptors (Lipinski definition) is 1. The minimum absolute atomic E-state index is 0.574. The topological polar surface area (TPSA) is 26.0 Å². The molecule has 2 N–H and O–H groups in total. The van der Waals surface area contributed by atoms with Gasteiger partial charge in [0, 0.05) is 0 Å². The fourth-order valence-corrected chi connectivity index (χ4v) is 0.671. The van der Waals surface area contributed by atoms with Crippen LogP contribution in [0.25, 0.3) is 0 Å². The maximum atomic E-state index is 5.12. The summed E-state index contributed by atoms with van der Waals surface area (Å²) in [5.41, 5.74) is 5.12. The lowest BCUT2D eigenvalue weighted by molar-refractivity contribution is 2.05. The van der Waals surface area contributed by atoms with Crippen molar-refractivity contribution in [1.29, 1.82) is 0 Å². The molecular weight excluding hydrogens is 101 g/mol. The summed E-state index contributed by atoms with van der Waals surface area (Å²) in [7, 11) is 1.84. The predicted molar refractivity (Wildman–Crippen MR) is 33.2 cm³/mol. The molecular formula is C2H8NPS. The Kier molecular flexibility index (Phi) is 5.17. The van der Waals surface area contributed by atoms with Crippen LogP contribution in [0, 0.1) is 0 Å². The molecule has 1 nitrogen and oxygen atoms in total. The maximum Gasteiger partial charge on any atom is -0.00453 e. The van der Waals surface area contributed by atoms with Crippen molar-refractivity contribution < 1.29 is 0 Å². The summed E-state index contributed by atoms with van der Waals surface area (Å²) in [5, 5.41) is 2.04. The van der Waals surface area contributed by atoms with Gasteiger partial charge in [-0.05, 0) is 14.9 Å². The highest BCUT2D eigenvalue weighted by Crippen LogP contribution is 2.06. The smallest absolute Gasteiger partial charge is 0.00453 e. The first-order valence-electron chi connectivity index (χ1n) is 1.35. The summed E-state index contributed by atoms with van der Waals surface area (Å²) < 4.78 is 0. The van der Waals surface area contributed by atoms with Crippen LogP contribution < -0.4 is 5.50 Å². The standard InChI is InChI=1S/C2H8NPS/c1-2-5-4-3/h2,4-5H,3H2,1H3. The Morgan fingerprint density at radius 2 is 2.60 bits per heavy atom. The van der Waals surface area contributed by atoms with Gasteiger partial charge < -0.3 is 5.50 Å². The Morgan fingerprint density at radius 1 is 2.00 bits per heavy atom. The molecule has 0 bridgehead atoms. The van der Waals surface area contributed by atoms with Crippen molar-refractivity contribution in [2.45, 2.75) is 6.92 Å². The second kappa shape index (κ2) is 4.61. The van der Waals surface area contributed by atoms with Gasteiger partial charge in [-0.15, -0.1) is 0 Å². The second-order valence-electron chi connectivity index (χ2n) is 0.516. The molecule has 1 unspecified atom stereocenters. The summed E-state index contributed by atoms with van der Waals surface area (Å²) >= 11 is 0. The molecule has 32 valence electrons. The van der Waals surface area contributed by atoms with Gasteiger partial charge in [-0.2, -0.15) is 11.0 Å². The lowest BCUT2D eigenvalue weighted by Crippen LogP contribution is -1.58. The minimum Gasteiger partial charge on any atom is -0.304 e. The molecule has 0 aliphatic heterocycles. The average molecular weight is 109 g/mol. The van der Waals surface area contributed by atoms with E-state index in [1.54, 1.807) is 0 Å². The molecule has 3 heteroatoms. The molecule has 0 aromatic carbocycles. The van der Waals surface area contributed by atoms with E-state index < -0.39 is 0 Å². The third-order valence-corrected chi connectivity index (χ3v) is 1.83. The second-order valence-corrected chi connectivity index (χ2v) is 3.10. The Bertz CT molecular complexity index is 36.6. The van der Waals surface area contributed by atoms with Crippen LogP contribution in [0.2, 0.25) is 0 Å². The summed E-state index contributed by atoms with van der Waals surface area (Å²) in [6.45, 7) is 2.00. The van der Waals surface area contributed by atoms with Gasteiger partial charge in [-0.25, -0.2) is 0 Å². The molecule has 0 saturated heterocycles. The lowest BCUT2D eigenvalue weighted by atomic mass is 11.0. The van der Waals surface area contributed by atoms with Crippen molar-refractivity contribution in [3.8, 4) is 0 Å². The molecule has 0 fully saturated rings. The van der Waals surface area contributed by atoms with Gasteiger partial charge >= 0.3 is 0 Å². The van der Waals surface area contributed by atoms with Gasteiger partial charge in [-0.1, -0.05) is 5.37 Å². The molecule has 0 rings (SSSR count). The molecule has 0 radical (unpaired) electrons. The van der Waals surface area contributed by atoms with Crippen LogP contribution in [-0.2, 0) is 0 Å². The normalized spacial score (nSPS) is 14.0. The highest BCUT2D eigenvalue weighted by Gasteiger charge is 1.48. The molecule has 0 spiro atoms. The van der Waals surface area contributed by atoms with Crippen molar-refractivity contribution in [2.24, 2.45) is 5.50 Å². The van der Waals surface area contributed by atoms with E-state index in [4.69, 9.17) is 5.50 Å². The number of thiol groups is 1. The monoisotopic (exact) mass is 109 g/mol. The summed E-state index contributed by atoms with van der Waals surface area (Å²) in [5.74, 6) is 0. The molecule has 0 heterocycles. The quantitative estimate of drug-likeness (QED) is 0.290. The van der Waals surface area contributed by atoms with E-state index in [9.17, 15) is 0 Å². The maximum absolute atomic E-state index is 5.12. The zero-order valence-electron chi connectivity index (χ0n) is 3.10. The Hall–Kier alpha value is 0.610. The minimum atomic E-state index is 0.574. The lowest BCUT2D eigenvalue weighted by Gasteiger charge is -1.69. The van der Waals surface area contributed by atoms with Gasteiger partial charge in [-0.3, -0.25) is 0 Å². The number of hydrogen-bond donors (Lipinski definition) is 2. The van der Waals surface area contributed by atoms with Crippen molar-refractivity contribution in [3.05, 3.63) is 0 Å². The van der Waals surface area contributed by atoms with Crippen LogP contribution in [0.1, 0.15) is 6.92 Å². The van der Waals surface area contributed by atoms with Crippen LogP contribution in [-0.4, -0.2) is 5.37 Å². The van der Waals surface area contributed by atoms with Gasteiger partial charge in [0.2, 0.25) is 0 Å². The molecule has 5 heavy (non-hydrogen) atoms. The third kappa shape index (κ3) is 4.61. The van der Waals surface area contributed by atoms with E-state index in [1.807, 2.05) is 12.3 Å². The molecule has 0 amide bonds. The van der Waals surface area contributed by atoms with Crippen molar-refractivity contribution in [3.63, 3.8) is 0 Å². The fraction of sp³-hybridized carbons (Fsp3) is 0.500. The molecule has 1 atom stereocenters. The van der Waals surface area contributed by atoms with Crippen LogP contribution in [0.4, 0.5) is 0 Å². The predicted octanol–water partition coefficient (Wildman–Crippen LogP) is 0.741. The van der Waals surface area contributed by atoms with Crippen LogP contribution in [0.5, 0.6) is 0 Å². The number of rotatable bonds is 1. The number of nitrogens with two attached hydrogens (primary N) is 1. The summed E-state index contributed by atoms with van der Waals surface area (Å²) in [6, 6.07) is 0. The molecule has 0 aromatic rings. The summed E-state index contributed by atoms with van der Waals surface area (Å²) in [4.78, 5) is 0. The van der Waals surface area contributed by atoms with Gasteiger partial charge in [0.1, 0.15) is 0 Å². The van der Waals surface area contributed by atoms with E-state index >= 15 is 0 Å². The summed E-state index contributed by atoms with van der Waals surface area (Å²) in [6.07, 6.45) is 0. The van der Waals surface area contributed by atoms with E-state index in [0.29, 0.717) is 7.93 Å². The SMILES string of the molecule is CC=[SH]PN. The fourth-order valence-electron chi connectivity index (χ4n) is 0.0745. The largest absolute Gasteiger partial charge is 0.304 e. The molecule has 0 aromatic heterocycles. The van der Waals surface area contributed by atoms with Crippen LogP contribution in [0.3, 0.4) is 0 Å². The van der Waals surface area contributed by atoms with Crippen molar-refractivity contribution in [2.75, 3.05) is 0 Å². The van der Waals surface area contributed by atoms with Gasteiger partial charge in [0.05, 0.1) is 0 Å². The van der Waals surface area contributed by atoms with E-state index in [0.717, 1.165) is 0 Å². The van der Waals surface area contributed by atoms with E-state index in [2.05, 4.69) is 0 Å². The zero-order valence-corrected chi connectivity index (χ0v) is 5.00. The van der Waals surface area contributed by atoms with Gasteiger partial charge in [0.25, 0.3) is 0 Å². The highest BCUT2D eigenvalue weighted by molar-refractivity contribution is 8.47. The Balaban J connectivity index is 2.62. The molecule has 0 aliphatic rings. The van der Waals surface area contributed by atoms with Gasteiger partial charge in [0.15, 0.2) is 0 Å². The van der Waals surface area contributed by atoms with E-state index in [1.165, 1.54) is 11.0 Å². The van der Waals surface area contributed by atoms with Crippen molar-refractivity contribution in [1.82, 2.24) is 0 Å². The van der Waals surface area contributed by atoms with Crippen molar-refractivity contribution >= 4 is 24.3 Å². The van der Waals surface area contributed by atoms with Crippen LogP contribution in [0.15, 0.2) is 0 Å². The molecule has 0 saturated carbocycles.